The molecule has 4 aromatic carbocycles. The highest BCUT2D eigenvalue weighted by Gasteiger charge is 2.26. The second-order valence-corrected chi connectivity index (χ2v) is 13.4. The fraction of sp³-hybridized carbons (Fsp3) is 0.293. The molecule has 0 saturated heterocycles. The molecule has 5 aromatic rings. The van der Waals surface area contributed by atoms with Crippen molar-refractivity contribution < 1.29 is 48.3 Å². The average molecular weight is 752 g/mol. The molecule has 0 aliphatic heterocycles. The van der Waals surface area contributed by atoms with E-state index in [4.69, 9.17) is 19.0 Å². The summed E-state index contributed by atoms with van der Waals surface area (Å²) in [5.74, 6) is -1.70. The highest BCUT2D eigenvalue weighted by atomic mass is 16.7. The van der Waals surface area contributed by atoms with Crippen LogP contribution in [0.1, 0.15) is 74.9 Å². The van der Waals surface area contributed by atoms with Gasteiger partial charge in [0.15, 0.2) is 5.78 Å². The summed E-state index contributed by atoms with van der Waals surface area (Å²) in [7, 11) is 1.52. The molecule has 0 aliphatic carbocycles. The molecule has 55 heavy (non-hydrogen) atoms. The lowest BCUT2D eigenvalue weighted by molar-refractivity contribution is -0.384. The standard InChI is InChI=1S/C41H41N3O11/c1-25(24-52-5)53-37(46)11-6-7-12-38(47)54-32-10-8-9-27(21-32)39(48)28-13-19-35-33(22-28)34-23-29(40(41(3,4)49)42-55-26(2)45)14-20-36(34)43(35)30-15-17-31(18-16-30)44(50)51/h8-10,13-23,25,49H,6-7,11-12,24H2,1-5H3/b42-40-. The van der Waals surface area contributed by atoms with E-state index in [1.807, 2.05) is 4.57 Å². The molecule has 1 heterocycles. The molecule has 1 N–H and O–H groups in total. The number of ketones is 1. The van der Waals surface area contributed by atoms with Crippen LogP contribution < -0.4 is 4.74 Å². The normalized spacial score (nSPS) is 12.4. The number of carbonyl (C=O) groups is 4. The Kier molecular flexibility index (Phi) is 12.5. The molecule has 0 spiro atoms. The molecule has 0 radical (unpaired) electrons. The lowest BCUT2D eigenvalue weighted by atomic mass is 9.94. The van der Waals surface area contributed by atoms with E-state index >= 15 is 0 Å². The van der Waals surface area contributed by atoms with Crippen LogP contribution in [0.5, 0.6) is 5.75 Å². The predicted molar refractivity (Wildman–Crippen MR) is 203 cm³/mol. The Morgan fingerprint density at radius 2 is 1.45 bits per heavy atom. The first-order valence-corrected chi connectivity index (χ1v) is 17.5. The summed E-state index contributed by atoms with van der Waals surface area (Å²) in [6.07, 6.45) is 0.716. The van der Waals surface area contributed by atoms with Crippen LogP contribution in [0.2, 0.25) is 0 Å². The number of unbranched alkanes of at least 4 members (excludes halogenated alkanes) is 1. The third kappa shape index (κ3) is 9.85. The number of hydrogen-bond acceptors (Lipinski definition) is 12. The number of oxime groups is 1. The second kappa shape index (κ2) is 17.3. The number of rotatable bonds is 16. The Labute approximate surface area is 316 Å². The molecule has 0 amide bonds. The third-order valence-electron chi connectivity index (χ3n) is 8.54. The molecule has 1 atom stereocenters. The molecule has 0 fully saturated rings. The lowest BCUT2D eigenvalue weighted by Crippen LogP contribution is -2.32. The van der Waals surface area contributed by atoms with Gasteiger partial charge in [0.2, 0.25) is 0 Å². The first kappa shape index (κ1) is 39.9. The van der Waals surface area contributed by atoms with E-state index in [1.54, 1.807) is 73.7 Å². The predicted octanol–water partition coefficient (Wildman–Crippen LogP) is 7.00. The Balaban J connectivity index is 1.45. The number of ether oxygens (including phenoxy) is 3. The summed E-state index contributed by atoms with van der Waals surface area (Å²) in [5, 5.41) is 27.5. The van der Waals surface area contributed by atoms with E-state index in [0.717, 1.165) is 0 Å². The van der Waals surface area contributed by atoms with Crippen molar-refractivity contribution in [3.8, 4) is 11.4 Å². The van der Waals surface area contributed by atoms with Crippen molar-refractivity contribution in [2.45, 2.75) is 65.1 Å². The molecular weight excluding hydrogens is 710 g/mol. The van der Waals surface area contributed by atoms with Gasteiger partial charge in [-0.1, -0.05) is 23.4 Å². The lowest BCUT2D eigenvalue weighted by Gasteiger charge is -2.19. The zero-order valence-electron chi connectivity index (χ0n) is 31.1. The minimum absolute atomic E-state index is 0.0668. The van der Waals surface area contributed by atoms with Gasteiger partial charge in [-0.25, -0.2) is 4.79 Å². The Morgan fingerprint density at radius 3 is 2.05 bits per heavy atom. The minimum atomic E-state index is -1.51. The van der Waals surface area contributed by atoms with Crippen LogP contribution >= 0.6 is 0 Å². The van der Waals surface area contributed by atoms with Gasteiger partial charge in [-0.3, -0.25) is 24.5 Å². The molecule has 0 aliphatic rings. The number of aromatic nitrogens is 1. The molecule has 5 rings (SSSR count). The quantitative estimate of drug-likeness (QED) is 0.0160. The van der Waals surface area contributed by atoms with E-state index in [0.29, 0.717) is 58.1 Å². The Morgan fingerprint density at radius 1 is 0.855 bits per heavy atom. The number of nitrogens with zero attached hydrogens (tertiary/aromatic N) is 3. The van der Waals surface area contributed by atoms with Crippen molar-refractivity contribution >= 4 is 56.9 Å². The van der Waals surface area contributed by atoms with Gasteiger partial charge >= 0.3 is 17.9 Å². The van der Waals surface area contributed by atoms with Crippen molar-refractivity contribution in [2.75, 3.05) is 13.7 Å². The van der Waals surface area contributed by atoms with Crippen LogP contribution in [0.15, 0.2) is 90.1 Å². The number of esters is 2. The van der Waals surface area contributed by atoms with Crippen molar-refractivity contribution in [1.82, 2.24) is 4.57 Å². The van der Waals surface area contributed by atoms with E-state index in [-0.39, 0.29) is 53.4 Å². The number of carbonyl (C=O) groups excluding carboxylic acids is 4. The van der Waals surface area contributed by atoms with Gasteiger partial charge in [-0.2, -0.15) is 0 Å². The third-order valence-corrected chi connectivity index (χ3v) is 8.54. The van der Waals surface area contributed by atoms with Crippen LogP contribution in [0, 0.1) is 10.1 Å². The van der Waals surface area contributed by atoms with Gasteiger partial charge in [0.25, 0.3) is 5.69 Å². The molecule has 286 valence electrons. The summed E-state index contributed by atoms with van der Waals surface area (Å²) in [6.45, 7) is 6.24. The Bertz CT molecular complexity index is 2290. The summed E-state index contributed by atoms with van der Waals surface area (Å²) in [6, 6.07) is 22.7. The number of benzene rings is 4. The topological polar surface area (TPSA) is 186 Å². The van der Waals surface area contributed by atoms with Gasteiger partial charge < -0.3 is 28.7 Å². The van der Waals surface area contributed by atoms with Crippen molar-refractivity contribution in [2.24, 2.45) is 5.16 Å². The highest BCUT2D eigenvalue weighted by molar-refractivity contribution is 6.17. The van der Waals surface area contributed by atoms with Crippen molar-refractivity contribution in [1.29, 1.82) is 0 Å². The first-order chi connectivity index (χ1) is 26.2. The number of nitro groups is 1. The smallest absolute Gasteiger partial charge is 0.331 e. The molecule has 0 saturated carbocycles. The Hall–Kier alpha value is -6.25. The molecule has 0 bridgehead atoms. The minimum Gasteiger partial charge on any atom is -0.460 e. The summed E-state index contributed by atoms with van der Waals surface area (Å²) >= 11 is 0. The zero-order chi connectivity index (χ0) is 39.9. The van der Waals surface area contributed by atoms with E-state index in [9.17, 15) is 34.4 Å². The largest absolute Gasteiger partial charge is 0.460 e. The fourth-order valence-electron chi connectivity index (χ4n) is 6.08. The first-order valence-electron chi connectivity index (χ1n) is 17.5. The van der Waals surface area contributed by atoms with Crippen LogP contribution in [0.25, 0.3) is 27.5 Å². The van der Waals surface area contributed by atoms with Crippen molar-refractivity contribution in [3.05, 3.63) is 112 Å². The zero-order valence-corrected chi connectivity index (χ0v) is 31.1. The van der Waals surface area contributed by atoms with Crippen LogP contribution in [-0.4, -0.2) is 69.4 Å². The van der Waals surface area contributed by atoms with Gasteiger partial charge in [-0.05, 0) is 88.2 Å². The second-order valence-electron chi connectivity index (χ2n) is 13.4. The van der Waals surface area contributed by atoms with Gasteiger partial charge in [0, 0.05) is 72.2 Å². The molecule has 14 heteroatoms. The van der Waals surface area contributed by atoms with E-state index in [2.05, 4.69) is 5.16 Å². The van der Waals surface area contributed by atoms with Gasteiger partial charge in [-0.15, -0.1) is 0 Å². The van der Waals surface area contributed by atoms with Gasteiger partial charge in [0.05, 0.1) is 22.6 Å². The molecule has 1 aromatic heterocycles. The summed E-state index contributed by atoms with van der Waals surface area (Å²) < 4.78 is 17.6. The fourth-order valence-corrected chi connectivity index (χ4v) is 6.08. The number of nitro benzene ring substituents is 1. The van der Waals surface area contributed by atoms with Crippen LogP contribution in [0.3, 0.4) is 0 Å². The monoisotopic (exact) mass is 751 g/mol. The van der Waals surface area contributed by atoms with Gasteiger partial charge in [0.1, 0.15) is 23.2 Å². The van der Waals surface area contributed by atoms with Crippen LogP contribution in [-0.2, 0) is 28.7 Å². The SMILES string of the molecule is COCC(C)OC(=O)CCCCC(=O)Oc1cccc(C(=O)c2ccc3c(c2)c2cc(/C(=N/OC(C)=O)C(C)(C)O)ccc2n3-c2ccc([N+](=O)[O-])cc2)c1. The van der Waals surface area contributed by atoms with E-state index < -0.39 is 22.5 Å². The summed E-state index contributed by atoms with van der Waals surface area (Å²) in [4.78, 5) is 65.9. The number of aliphatic hydroxyl groups is 1. The summed E-state index contributed by atoms with van der Waals surface area (Å²) in [5.41, 5.74) is 1.55. The van der Waals surface area contributed by atoms with Crippen molar-refractivity contribution in [3.63, 3.8) is 0 Å². The molecular formula is C41H41N3O11. The average Bonchev–Trinajstić information content (AvgIpc) is 3.45. The van der Waals surface area contributed by atoms with E-state index in [1.165, 1.54) is 46.1 Å². The number of non-ortho nitro benzene ring substituents is 1. The van der Waals surface area contributed by atoms with Crippen LogP contribution in [0.4, 0.5) is 5.69 Å². The highest BCUT2D eigenvalue weighted by Crippen LogP contribution is 2.35. The maximum absolute atomic E-state index is 13.9. The maximum atomic E-state index is 13.9. The number of methoxy groups -OCH3 is 1. The molecule has 1 unspecified atom stereocenters. The molecule has 14 nitrogen and oxygen atoms in total. The maximum Gasteiger partial charge on any atom is 0.331 e. The number of fused-ring (bicyclic) bond motifs is 3. The number of hydrogen-bond donors (Lipinski definition) is 1.